The van der Waals surface area contributed by atoms with Gasteiger partial charge in [0.05, 0.1) is 6.10 Å². The van der Waals surface area contributed by atoms with E-state index in [2.05, 4.69) is 0 Å². The molecule has 2 nitrogen and oxygen atoms in total. The molecule has 0 aromatic heterocycles. The van der Waals surface area contributed by atoms with Crippen molar-refractivity contribution in [2.75, 3.05) is 0 Å². The van der Waals surface area contributed by atoms with E-state index in [0.29, 0.717) is 12.8 Å². The van der Waals surface area contributed by atoms with Gasteiger partial charge < -0.3 is 5.11 Å². The van der Waals surface area contributed by atoms with Crippen LogP contribution in [-0.2, 0) is 4.79 Å². The minimum Gasteiger partial charge on any atom is -0.393 e. The number of carbonyl (C=O) groups excluding carboxylic acids is 1. The van der Waals surface area contributed by atoms with Crippen LogP contribution in [0.5, 0.6) is 0 Å². The standard InChI is InChI=1S/C8H14O2/c1-8(2)4-6(9)3-7(10)5-8/h6,9H,3-5H2,1-2H3. The Bertz CT molecular complexity index is 149. The summed E-state index contributed by atoms with van der Waals surface area (Å²) in [7, 11) is 0. The minimum atomic E-state index is -0.392. The summed E-state index contributed by atoms with van der Waals surface area (Å²) >= 11 is 0. The summed E-state index contributed by atoms with van der Waals surface area (Å²) in [5.41, 5.74) is 0.0226. The largest absolute Gasteiger partial charge is 0.393 e. The molecule has 1 atom stereocenters. The number of hydrogen-bond donors (Lipinski definition) is 1. The van der Waals surface area contributed by atoms with Crippen LogP contribution in [0.3, 0.4) is 0 Å². The van der Waals surface area contributed by atoms with Crippen molar-refractivity contribution in [1.82, 2.24) is 0 Å². The van der Waals surface area contributed by atoms with Gasteiger partial charge >= 0.3 is 0 Å². The predicted molar refractivity (Wildman–Crippen MR) is 38.6 cm³/mol. The lowest BCUT2D eigenvalue weighted by Crippen LogP contribution is -2.31. The molecule has 1 aliphatic rings. The van der Waals surface area contributed by atoms with E-state index in [1.165, 1.54) is 0 Å². The van der Waals surface area contributed by atoms with E-state index in [4.69, 9.17) is 0 Å². The number of carbonyl (C=O) groups is 1. The molecular weight excluding hydrogens is 128 g/mol. The molecule has 0 bridgehead atoms. The quantitative estimate of drug-likeness (QED) is 0.550. The maximum Gasteiger partial charge on any atom is 0.136 e. The zero-order valence-electron chi connectivity index (χ0n) is 6.55. The number of rotatable bonds is 0. The minimum absolute atomic E-state index is 0.0226. The molecule has 1 rings (SSSR count). The third-order valence-corrected chi connectivity index (χ3v) is 1.93. The summed E-state index contributed by atoms with van der Waals surface area (Å²) in [5, 5.41) is 9.19. The van der Waals surface area contributed by atoms with E-state index in [0.717, 1.165) is 6.42 Å². The second kappa shape index (κ2) is 2.35. The summed E-state index contributed by atoms with van der Waals surface area (Å²) in [6.45, 7) is 4.04. The first-order chi connectivity index (χ1) is 4.49. The van der Waals surface area contributed by atoms with Gasteiger partial charge in [-0.15, -0.1) is 0 Å². The van der Waals surface area contributed by atoms with Crippen LogP contribution < -0.4 is 0 Å². The van der Waals surface area contributed by atoms with E-state index < -0.39 is 6.10 Å². The van der Waals surface area contributed by atoms with E-state index in [1.54, 1.807) is 0 Å². The second-order valence-corrected chi connectivity index (χ2v) is 3.94. The average molecular weight is 142 g/mol. The number of hydrogen-bond acceptors (Lipinski definition) is 2. The fraction of sp³-hybridized carbons (Fsp3) is 0.875. The molecule has 10 heavy (non-hydrogen) atoms. The molecule has 0 aromatic carbocycles. The topological polar surface area (TPSA) is 37.3 Å². The van der Waals surface area contributed by atoms with Gasteiger partial charge in [-0.25, -0.2) is 0 Å². The van der Waals surface area contributed by atoms with E-state index in [-0.39, 0.29) is 11.2 Å². The summed E-state index contributed by atoms with van der Waals surface area (Å²) in [6.07, 6.45) is 1.36. The van der Waals surface area contributed by atoms with Gasteiger partial charge in [0.15, 0.2) is 0 Å². The average Bonchev–Trinajstić information content (AvgIpc) is 1.54. The SMILES string of the molecule is CC1(C)CC(=O)CC(O)C1. The molecule has 0 spiro atoms. The first kappa shape index (κ1) is 7.73. The molecule has 2 heteroatoms. The number of aliphatic hydroxyl groups is 1. The molecule has 0 amide bonds. The fourth-order valence-corrected chi connectivity index (χ4v) is 1.65. The van der Waals surface area contributed by atoms with Gasteiger partial charge in [-0.2, -0.15) is 0 Å². The van der Waals surface area contributed by atoms with Crippen LogP contribution >= 0.6 is 0 Å². The molecule has 1 aliphatic carbocycles. The monoisotopic (exact) mass is 142 g/mol. The molecule has 0 saturated heterocycles. The Morgan fingerprint density at radius 3 is 2.60 bits per heavy atom. The molecule has 1 saturated carbocycles. The zero-order chi connectivity index (χ0) is 7.78. The number of Topliss-reactive ketones (excluding diaryl/α,β-unsaturated/α-hetero) is 1. The third-order valence-electron chi connectivity index (χ3n) is 1.93. The first-order valence-corrected chi connectivity index (χ1v) is 3.69. The Balaban J connectivity index is 2.59. The van der Waals surface area contributed by atoms with Crippen molar-refractivity contribution in [3.8, 4) is 0 Å². The van der Waals surface area contributed by atoms with Crippen molar-refractivity contribution < 1.29 is 9.90 Å². The Labute approximate surface area is 61.2 Å². The highest BCUT2D eigenvalue weighted by Gasteiger charge is 2.31. The Morgan fingerprint density at radius 1 is 1.60 bits per heavy atom. The summed E-state index contributed by atoms with van der Waals surface area (Å²) in [6, 6.07) is 0. The lowest BCUT2D eigenvalue weighted by molar-refractivity contribution is -0.126. The maximum absolute atomic E-state index is 10.9. The van der Waals surface area contributed by atoms with Gasteiger partial charge in [0.1, 0.15) is 5.78 Å². The maximum atomic E-state index is 10.9. The van der Waals surface area contributed by atoms with Gasteiger partial charge in [0.2, 0.25) is 0 Å². The van der Waals surface area contributed by atoms with Crippen LogP contribution in [0.1, 0.15) is 33.1 Å². The zero-order valence-corrected chi connectivity index (χ0v) is 6.55. The van der Waals surface area contributed by atoms with Crippen molar-refractivity contribution in [1.29, 1.82) is 0 Å². The lowest BCUT2D eigenvalue weighted by atomic mass is 9.75. The van der Waals surface area contributed by atoms with Crippen LogP contribution in [-0.4, -0.2) is 17.0 Å². The van der Waals surface area contributed by atoms with Crippen molar-refractivity contribution in [3.05, 3.63) is 0 Å². The van der Waals surface area contributed by atoms with Crippen molar-refractivity contribution >= 4 is 5.78 Å². The van der Waals surface area contributed by atoms with Crippen LogP contribution in [0.2, 0.25) is 0 Å². The molecular formula is C8H14O2. The highest BCUT2D eigenvalue weighted by atomic mass is 16.3. The lowest BCUT2D eigenvalue weighted by Gasteiger charge is -2.31. The number of ketones is 1. The van der Waals surface area contributed by atoms with Crippen LogP contribution in [0.25, 0.3) is 0 Å². The molecule has 0 heterocycles. The first-order valence-electron chi connectivity index (χ1n) is 3.69. The second-order valence-electron chi connectivity index (χ2n) is 3.94. The highest BCUT2D eigenvalue weighted by molar-refractivity contribution is 5.80. The smallest absolute Gasteiger partial charge is 0.136 e. The molecule has 0 radical (unpaired) electrons. The van der Waals surface area contributed by atoms with Crippen LogP contribution in [0, 0.1) is 5.41 Å². The Hall–Kier alpha value is -0.370. The van der Waals surface area contributed by atoms with E-state index in [1.807, 2.05) is 13.8 Å². The van der Waals surface area contributed by atoms with Gasteiger partial charge in [-0.1, -0.05) is 13.8 Å². The van der Waals surface area contributed by atoms with Gasteiger partial charge in [-0.05, 0) is 11.8 Å². The fourth-order valence-electron chi connectivity index (χ4n) is 1.65. The normalized spacial score (nSPS) is 32.3. The Morgan fingerprint density at radius 2 is 2.20 bits per heavy atom. The van der Waals surface area contributed by atoms with Gasteiger partial charge in [0.25, 0.3) is 0 Å². The van der Waals surface area contributed by atoms with Gasteiger partial charge in [-0.3, -0.25) is 4.79 Å². The molecule has 1 unspecified atom stereocenters. The van der Waals surface area contributed by atoms with E-state index in [9.17, 15) is 9.90 Å². The molecule has 1 N–H and O–H groups in total. The van der Waals surface area contributed by atoms with Crippen molar-refractivity contribution in [3.63, 3.8) is 0 Å². The van der Waals surface area contributed by atoms with E-state index >= 15 is 0 Å². The third kappa shape index (κ3) is 1.81. The van der Waals surface area contributed by atoms with Crippen molar-refractivity contribution in [2.24, 2.45) is 5.41 Å². The molecule has 0 aliphatic heterocycles. The summed E-state index contributed by atoms with van der Waals surface area (Å²) in [4.78, 5) is 10.9. The summed E-state index contributed by atoms with van der Waals surface area (Å²) in [5.74, 6) is 0.198. The number of aliphatic hydroxyl groups excluding tert-OH is 1. The van der Waals surface area contributed by atoms with Crippen molar-refractivity contribution in [2.45, 2.75) is 39.2 Å². The molecule has 0 aromatic rings. The molecule has 58 valence electrons. The van der Waals surface area contributed by atoms with Crippen LogP contribution in [0.15, 0.2) is 0 Å². The van der Waals surface area contributed by atoms with Crippen LogP contribution in [0.4, 0.5) is 0 Å². The molecule has 1 fully saturated rings. The highest BCUT2D eigenvalue weighted by Crippen LogP contribution is 2.32. The summed E-state index contributed by atoms with van der Waals surface area (Å²) < 4.78 is 0. The van der Waals surface area contributed by atoms with Gasteiger partial charge in [0, 0.05) is 12.8 Å². The predicted octanol–water partition coefficient (Wildman–Crippen LogP) is 1.13. The Kier molecular flexibility index (Phi) is 1.82.